The van der Waals surface area contributed by atoms with E-state index < -0.39 is 0 Å². The molecule has 2 saturated heterocycles. The Morgan fingerprint density at radius 2 is 1.91 bits per heavy atom. The van der Waals surface area contributed by atoms with Gasteiger partial charge in [0.1, 0.15) is 6.10 Å². The summed E-state index contributed by atoms with van der Waals surface area (Å²) in [5, 5.41) is 10.7. The zero-order chi connectivity index (χ0) is 16.2. The Morgan fingerprint density at radius 3 is 2.48 bits per heavy atom. The Labute approximate surface area is 135 Å². The van der Waals surface area contributed by atoms with E-state index in [0.717, 1.165) is 38.0 Å². The number of nitrogens with zero attached hydrogens (tertiary/aromatic N) is 3. The first kappa shape index (κ1) is 15.9. The Kier molecular flexibility index (Phi) is 4.88. The molecule has 1 aromatic carbocycles. The molecule has 23 heavy (non-hydrogen) atoms. The van der Waals surface area contributed by atoms with Gasteiger partial charge in [0.2, 0.25) is 0 Å². The molecule has 0 N–H and O–H groups in total. The van der Waals surface area contributed by atoms with Crippen LogP contribution in [0.4, 0.5) is 5.69 Å². The molecule has 0 saturated carbocycles. The lowest BCUT2D eigenvalue weighted by molar-refractivity contribution is -0.384. The van der Waals surface area contributed by atoms with Gasteiger partial charge in [-0.3, -0.25) is 19.8 Å². The van der Waals surface area contributed by atoms with Crippen LogP contribution in [0.5, 0.6) is 0 Å². The van der Waals surface area contributed by atoms with Crippen LogP contribution in [0.25, 0.3) is 0 Å². The quantitative estimate of drug-likeness (QED) is 0.620. The number of non-ortho nitro benzene ring substituents is 1. The number of carbonyl (C=O) groups is 1. The summed E-state index contributed by atoms with van der Waals surface area (Å²) in [4.78, 5) is 26.7. The Balaban J connectivity index is 1.48. The maximum atomic E-state index is 12.3. The van der Waals surface area contributed by atoms with Gasteiger partial charge in [0, 0.05) is 51.5 Å². The van der Waals surface area contributed by atoms with E-state index in [1.165, 1.54) is 12.1 Å². The number of ether oxygens (including phenoxy) is 1. The minimum atomic E-state index is -0.390. The van der Waals surface area contributed by atoms with Crippen molar-refractivity contribution in [3.63, 3.8) is 0 Å². The third-order valence-electron chi connectivity index (χ3n) is 4.44. The lowest BCUT2D eigenvalue weighted by atomic mass is 10.1. The van der Waals surface area contributed by atoms with Crippen LogP contribution in [0.2, 0.25) is 0 Å². The van der Waals surface area contributed by atoms with Crippen LogP contribution in [0.1, 0.15) is 18.4 Å². The molecular formula is C16H21N3O4. The fourth-order valence-corrected chi connectivity index (χ4v) is 3.08. The van der Waals surface area contributed by atoms with E-state index in [1.807, 2.05) is 4.90 Å². The lowest BCUT2D eigenvalue weighted by Gasteiger charge is -2.35. The lowest BCUT2D eigenvalue weighted by Crippen LogP contribution is -2.51. The SMILES string of the molecule is O=C(C1CCCO1)N1CCN(Cc2ccc([N+](=O)[O-])cc2)CC1. The van der Waals surface area contributed by atoms with Crippen LogP contribution in [0, 0.1) is 10.1 Å². The smallest absolute Gasteiger partial charge is 0.269 e. The third kappa shape index (κ3) is 3.86. The first-order chi connectivity index (χ1) is 11.1. The molecule has 1 atom stereocenters. The summed E-state index contributed by atoms with van der Waals surface area (Å²) in [6.07, 6.45) is 1.56. The molecule has 0 spiro atoms. The van der Waals surface area contributed by atoms with Crippen molar-refractivity contribution in [2.45, 2.75) is 25.5 Å². The van der Waals surface area contributed by atoms with E-state index in [2.05, 4.69) is 4.90 Å². The maximum Gasteiger partial charge on any atom is 0.269 e. The van der Waals surface area contributed by atoms with Crippen molar-refractivity contribution < 1.29 is 14.5 Å². The molecule has 124 valence electrons. The average molecular weight is 319 g/mol. The molecule has 2 aliphatic rings. The van der Waals surface area contributed by atoms with E-state index in [4.69, 9.17) is 4.74 Å². The van der Waals surface area contributed by atoms with Crippen molar-refractivity contribution in [1.82, 2.24) is 9.80 Å². The summed E-state index contributed by atoms with van der Waals surface area (Å²) >= 11 is 0. The number of nitro groups is 1. The number of nitro benzene ring substituents is 1. The molecule has 2 aliphatic heterocycles. The zero-order valence-electron chi connectivity index (χ0n) is 13.0. The molecule has 2 fully saturated rings. The molecule has 0 bridgehead atoms. The molecule has 2 heterocycles. The van der Waals surface area contributed by atoms with Gasteiger partial charge < -0.3 is 9.64 Å². The molecule has 0 aliphatic carbocycles. The first-order valence-corrected chi connectivity index (χ1v) is 7.99. The van der Waals surface area contributed by atoms with Gasteiger partial charge in [-0.15, -0.1) is 0 Å². The second-order valence-corrected chi connectivity index (χ2v) is 6.03. The van der Waals surface area contributed by atoms with Gasteiger partial charge >= 0.3 is 0 Å². The van der Waals surface area contributed by atoms with Crippen molar-refractivity contribution in [1.29, 1.82) is 0 Å². The minimum absolute atomic E-state index is 0.112. The summed E-state index contributed by atoms with van der Waals surface area (Å²) in [6, 6.07) is 6.66. The molecule has 1 aromatic rings. The second-order valence-electron chi connectivity index (χ2n) is 6.03. The predicted octanol–water partition coefficient (Wildman–Crippen LogP) is 1.42. The standard InChI is InChI=1S/C16H21N3O4/c20-16(15-2-1-11-23-15)18-9-7-17(8-10-18)12-13-3-5-14(6-4-13)19(21)22/h3-6,15H,1-2,7-12H2. The fraction of sp³-hybridized carbons (Fsp3) is 0.562. The van der Waals surface area contributed by atoms with Gasteiger partial charge in [0.15, 0.2) is 0 Å². The summed E-state index contributed by atoms with van der Waals surface area (Å²) in [7, 11) is 0. The van der Waals surface area contributed by atoms with Crippen LogP contribution in [-0.4, -0.2) is 59.5 Å². The number of carbonyl (C=O) groups excluding carboxylic acids is 1. The normalized spacial score (nSPS) is 22.3. The summed E-state index contributed by atoms with van der Waals surface area (Å²) in [5.41, 5.74) is 1.16. The number of rotatable bonds is 4. The van der Waals surface area contributed by atoms with Crippen molar-refractivity contribution >= 4 is 11.6 Å². The van der Waals surface area contributed by atoms with Crippen molar-refractivity contribution in [3.05, 3.63) is 39.9 Å². The molecular weight excluding hydrogens is 298 g/mol. The van der Waals surface area contributed by atoms with E-state index >= 15 is 0 Å². The average Bonchev–Trinajstić information content (AvgIpc) is 3.10. The van der Waals surface area contributed by atoms with E-state index in [-0.39, 0.29) is 22.6 Å². The van der Waals surface area contributed by atoms with E-state index in [1.54, 1.807) is 12.1 Å². The highest BCUT2D eigenvalue weighted by atomic mass is 16.6. The van der Waals surface area contributed by atoms with Gasteiger partial charge in [-0.1, -0.05) is 12.1 Å². The molecule has 1 amide bonds. The van der Waals surface area contributed by atoms with E-state index in [9.17, 15) is 14.9 Å². The Bertz CT molecular complexity index is 561. The predicted molar refractivity (Wildman–Crippen MR) is 83.9 cm³/mol. The van der Waals surface area contributed by atoms with Crippen LogP contribution in [0.3, 0.4) is 0 Å². The number of benzene rings is 1. The zero-order valence-corrected chi connectivity index (χ0v) is 13.0. The summed E-state index contributed by atoms with van der Waals surface area (Å²) in [6.45, 7) is 4.50. The Morgan fingerprint density at radius 1 is 1.22 bits per heavy atom. The Hall–Kier alpha value is -1.99. The second kappa shape index (κ2) is 7.06. The monoisotopic (exact) mass is 319 g/mol. The van der Waals surface area contributed by atoms with Crippen molar-refractivity contribution in [3.8, 4) is 0 Å². The largest absolute Gasteiger partial charge is 0.368 e. The minimum Gasteiger partial charge on any atom is -0.368 e. The molecule has 0 radical (unpaired) electrons. The van der Waals surface area contributed by atoms with Crippen LogP contribution < -0.4 is 0 Å². The van der Waals surface area contributed by atoms with Gasteiger partial charge in [0.05, 0.1) is 4.92 Å². The summed E-state index contributed by atoms with van der Waals surface area (Å²) in [5.74, 6) is 0.123. The van der Waals surface area contributed by atoms with Gasteiger partial charge in [-0.25, -0.2) is 0 Å². The highest BCUT2D eigenvalue weighted by Gasteiger charge is 2.30. The van der Waals surface area contributed by atoms with Crippen molar-refractivity contribution in [2.75, 3.05) is 32.8 Å². The van der Waals surface area contributed by atoms with E-state index in [0.29, 0.717) is 19.7 Å². The first-order valence-electron chi connectivity index (χ1n) is 7.99. The molecule has 0 aromatic heterocycles. The summed E-state index contributed by atoms with van der Waals surface area (Å²) < 4.78 is 5.46. The van der Waals surface area contributed by atoms with Gasteiger partial charge in [-0.05, 0) is 18.4 Å². The molecule has 3 rings (SSSR count). The highest BCUT2D eigenvalue weighted by molar-refractivity contribution is 5.81. The van der Waals surface area contributed by atoms with Crippen LogP contribution >= 0.6 is 0 Å². The molecule has 1 unspecified atom stereocenters. The number of amides is 1. The molecule has 7 nitrogen and oxygen atoms in total. The fourth-order valence-electron chi connectivity index (χ4n) is 3.08. The number of hydrogen-bond acceptors (Lipinski definition) is 5. The topological polar surface area (TPSA) is 75.9 Å². The molecule has 7 heteroatoms. The van der Waals surface area contributed by atoms with Crippen molar-refractivity contribution in [2.24, 2.45) is 0 Å². The van der Waals surface area contributed by atoms with Gasteiger partial charge in [-0.2, -0.15) is 0 Å². The van der Waals surface area contributed by atoms with Crippen LogP contribution in [-0.2, 0) is 16.1 Å². The van der Waals surface area contributed by atoms with Crippen LogP contribution in [0.15, 0.2) is 24.3 Å². The highest BCUT2D eigenvalue weighted by Crippen LogP contribution is 2.17. The third-order valence-corrected chi connectivity index (χ3v) is 4.44. The number of hydrogen-bond donors (Lipinski definition) is 0. The van der Waals surface area contributed by atoms with Gasteiger partial charge in [0.25, 0.3) is 11.6 Å². The maximum absolute atomic E-state index is 12.3. The number of piperazine rings is 1.